The van der Waals surface area contributed by atoms with Crippen molar-refractivity contribution in [1.29, 1.82) is 0 Å². The van der Waals surface area contributed by atoms with Gasteiger partial charge in [0.2, 0.25) is 0 Å². The Labute approximate surface area is 158 Å². The van der Waals surface area contributed by atoms with Gasteiger partial charge in [-0.3, -0.25) is 9.59 Å². The van der Waals surface area contributed by atoms with Gasteiger partial charge in [0.25, 0.3) is 11.8 Å². The van der Waals surface area contributed by atoms with Crippen molar-refractivity contribution in [1.82, 2.24) is 9.80 Å². The molecule has 0 spiro atoms. The number of ether oxygens (including phenoxy) is 1. The van der Waals surface area contributed by atoms with Gasteiger partial charge in [0.05, 0.1) is 12.2 Å². The predicted octanol–water partition coefficient (Wildman–Crippen LogP) is 2.96. The molecule has 5 nitrogen and oxygen atoms in total. The van der Waals surface area contributed by atoms with Crippen molar-refractivity contribution >= 4 is 11.8 Å². The third-order valence-electron chi connectivity index (χ3n) is 4.66. The zero-order valence-corrected chi connectivity index (χ0v) is 15.4. The van der Waals surface area contributed by atoms with Crippen LogP contribution < -0.4 is 0 Å². The molecule has 1 heterocycles. The largest absolute Gasteiger partial charge is 0.380 e. The standard InChI is InChI=1S/C21H23FN2O3/c1-27-15-16-6-4-7-17(14-16)20(25)23-10-5-11-24(13-12-23)21(26)18-8-2-3-9-19(18)22/h2-4,6-9,14H,5,10-13,15H2,1H3. The second kappa shape index (κ2) is 8.77. The first-order valence-corrected chi connectivity index (χ1v) is 9.01. The minimum atomic E-state index is -0.519. The van der Waals surface area contributed by atoms with E-state index in [1.807, 2.05) is 18.2 Å². The highest BCUT2D eigenvalue weighted by atomic mass is 19.1. The number of carbonyl (C=O) groups is 2. The number of halogens is 1. The Kier molecular flexibility index (Phi) is 6.19. The number of methoxy groups -OCH3 is 1. The molecule has 1 saturated heterocycles. The normalized spacial score (nSPS) is 14.7. The van der Waals surface area contributed by atoms with Crippen molar-refractivity contribution in [2.24, 2.45) is 0 Å². The molecule has 3 rings (SSSR count). The minimum Gasteiger partial charge on any atom is -0.380 e. The van der Waals surface area contributed by atoms with E-state index in [0.717, 1.165) is 5.56 Å². The van der Waals surface area contributed by atoms with Gasteiger partial charge >= 0.3 is 0 Å². The SMILES string of the molecule is COCc1cccc(C(=O)N2CCCN(C(=O)c3ccccc3F)CC2)c1. The van der Waals surface area contributed by atoms with Gasteiger partial charge in [0.1, 0.15) is 5.82 Å². The Hall–Kier alpha value is -2.73. The third-order valence-corrected chi connectivity index (χ3v) is 4.66. The second-order valence-corrected chi connectivity index (χ2v) is 6.55. The Balaban J connectivity index is 1.68. The number of rotatable bonds is 4. The summed E-state index contributed by atoms with van der Waals surface area (Å²) in [4.78, 5) is 28.8. The summed E-state index contributed by atoms with van der Waals surface area (Å²) in [6.07, 6.45) is 0.656. The Morgan fingerprint density at radius 3 is 2.37 bits per heavy atom. The van der Waals surface area contributed by atoms with Crippen molar-refractivity contribution < 1.29 is 18.7 Å². The molecule has 0 aromatic heterocycles. The van der Waals surface area contributed by atoms with E-state index < -0.39 is 5.82 Å². The Morgan fingerprint density at radius 1 is 0.963 bits per heavy atom. The Morgan fingerprint density at radius 2 is 1.67 bits per heavy atom. The van der Waals surface area contributed by atoms with Crippen LogP contribution in [0, 0.1) is 5.82 Å². The lowest BCUT2D eigenvalue weighted by atomic mass is 10.1. The molecule has 142 valence electrons. The van der Waals surface area contributed by atoms with E-state index in [2.05, 4.69) is 0 Å². The first-order valence-electron chi connectivity index (χ1n) is 9.01. The summed E-state index contributed by atoms with van der Waals surface area (Å²) in [6, 6.07) is 13.4. The average Bonchev–Trinajstić information content (AvgIpc) is 2.94. The molecule has 0 aliphatic carbocycles. The van der Waals surface area contributed by atoms with Crippen LogP contribution in [-0.2, 0) is 11.3 Å². The van der Waals surface area contributed by atoms with Gasteiger partial charge in [0.15, 0.2) is 0 Å². The summed E-state index contributed by atoms with van der Waals surface area (Å²) in [7, 11) is 1.62. The van der Waals surface area contributed by atoms with Gasteiger partial charge in [-0.1, -0.05) is 24.3 Å². The van der Waals surface area contributed by atoms with Gasteiger partial charge in [-0.05, 0) is 36.2 Å². The summed E-state index contributed by atoms with van der Waals surface area (Å²) >= 11 is 0. The Bertz CT molecular complexity index is 825. The molecular weight excluding hydrogens is 347 g/mol. The number of benzene rings is 2. The molecule has 6 heteroatoms. The van der Waals surface area contributed by atoms with Crippen LogP contribution in [0.2, 0.25) is 0 Å². The fourth-order valence-corrected chi connectivity index (χ4v) is 3.27. The predicted molar refractivity (Wildman–Crippen MR) is 100.0 cm³/mol. The first kappa shape index (κ1) is 19.0. The molecule has 27 heavy (non-hydrogen) atoms. The lowest BCUT2D eigenvalue weighted by molar-refractivity contribution is 0.0716. The number of amides is 2. The highest BCUT2D eigenvalue weighted by Crippen LogP contribution is 2.15. The second-order valence-electron chi connectivity index (χ2n) is 6.55. The lowest BCUT2D eigenvalue weighted by Crippen LogP contribution is -2.37. The van der Waals surface area contributed by atoms with Crippen LogP contribution >= 0.6 is 0 Å². The molecule has 2 aromatic carbocycles. The van der Waals surface area contributed by atoms with Crippen molar-refractivity contribution in [3.05, 3.63) is 71.0 Å². The van der Waals surface area contributed by atoms with Crippen LogP contribution in [0.25, 0.3) is 0 Å². The van der Waals surface area contributed by atoms with E-state index in [1.165, 1.54) is 12.1 Å². The maximum atomic E-state index is 13.9. The minimum absolute atomic E-state index is 0.0619. The quantitative estimate of drug-likeness (QED) is 0.831. The molecule has 0 N–H and O–H groups in total. The number of hydrogen-bond donors (Lipinski definition) is 0. The number of nitrogens with zero attached hydrogens (tertiary/aromatic N) is 2. The van der Waals surface area contributed by atoms with Gasteiger partial charge in [-0.2, -0.15) is 0 Å². The zero-order chi connectivity index (χ0) is 19.2. The molecule has 0 unspecified atom stereocenters. The van der Waals surface area contributed by atoms with E-state index >= 15 is 0 Å². The van der Waals surface area contributed by atoms with Crippen LogP contribution in [0.3, 0.4) is 0 Å². The fraction of sp³-hybridized carbons (Fsp3) is 0.333. The van der Waals surface area contributed by atoms with Gasteiger partial charge < -0.3 is 14.5 Å². The van der Waals surface area contributed by atoms with Crippen LogP contribution in [0.15, 0.2) is 48.5 Å². The van der Waals surface area contributed by atoms with E-state index in [-0.39, 0.29) is 17.4 Å². The average molecular weight is 370 g/mol. The van der Waals surface area contributed by atoms with Crippen LogP contribution in [0.1, 0.15) is 32.7 Å². The van der Waals surface area contributed by atoms with Crippen LogP contribution in [0.4, 0.5) is 4.39 Å². The maximum absolute atomic E-state index is 13.9. The maximum Gasteiger partial charge on any atom is 0.256 e. The van der Waals surface area contributed by atoms with Gasteiger partial charge in [-0.15, -0.1) is 0 Å². The molecule has 1 aliphatic heterocycles. The topological polar surface area (TPSA) is 49.9 Å². The molecule has 0 saturated carbocycles. The van der Waals surface area contributed by atoms with Crippen molar-refractivity contribution in [3.63, 3.8) is 0 Å². The highest BCUT2D eigenvalue weighted by molar-refractivity contribution is 5.95. The van der Waals surface area contributed by atoms with Crippen molar-refractivity contribution in [3.8, 4) is 0 Å². The van der Waals surface area contributed by atoms with Crippen molar-refractivity contribution in [2.45, 2.75) is 13.0 Å². The summed E-state index contributed by atoms with van der Waals surface area (Å²) < 4.78 is 19.0. The molecule has 2 aromatic rings. The molecule has 1 fully saturated rings. The third kappa shape index (κ3) is 4.52. The van der Waals surface area contributed by atoms with E-state index in [9.17, 15) is 14.0 Å². The molecule has 0 atom stereocenters. The first-order chi connectivity index (χ1) is 13.1. The van der Waals surface area contributed by atoms with Crippen molar-refractivity contribution in [2.75, 3.05) is 33.3 Å². The van der Waals surface area contributed by atoms with Gasteiger partial charge in [-0.25, -0.2) is 4.39 Å². The zero-order valence-electron chi connectivity index (χ0n) is 15.4. The van der Waals surface area contributed by atoms with Crippen LogP contribution in [0.5, 0.6) is 0 Å². The fourth-order valence-electron chi connectivity index (χ4n) is 3.27. The van der Waals surface area contributed by atoms with Crippen LogP contribution in [-0.4, -0.2) is 54.9 Å². The molecule has 1 aliphatic rings. The lowest BCUT2D eigenvalue weighted by Gasteiger charge is -2.22. The summed E-state index contributed by atoms with van der Waals surface area (Å²) in [5, 5.41) is 0. The molecule has 2 amide bonds. The summed E-state index contributed by atoms with van der Waals surface area (Å²) in [5.74, 6) is -0.910. The van der Waals surface area contributed by atoms with E-state index in [1.54, 1.807) is 35.1 Å². The summed E-state index contributed by atoms with van der Waals surface area (Å²) in [6.45, 7) is 2.32. The number of hydrogen-bond acceptors (Lipinski definition) is 3. The number of carbonyl (C=O) groups excluding carboxylic acids is 2. The monoisotopic (exact) mass is 370 g/mol. The molecular formula is C21H23FN2O3. The van der Waals surface area contributed by atoms with E-state index in [0.29, 0.717) is 44.8 Å². The highest BCUT2D eigenvalue weighted by Gasteiger charge is 2.24. The molecule has 0 radical (unpaired) electrons. The molecule has 0 bridgehead atoms. The van der Waals surface area contributed by atoms with Gasteiger partial charge in [0, 0.05) is 38.9 Å². The smallest absolute Gasteiger partial charge is 0.256 e. The summed E-state index contributed by atoms with van der Waals surface area (Å²) in [5.41, 5.74) is 1.62. The van der Waals surface area contributed by atoms with E-state index in [4.69, 9.17) is 4.74 Å².